The Kier molecular flexibility index (Phi) is 30.8. The van der Waals surface area contributed by atoms with Gasteiger partial charge in [0, 0.05) is 6.42 Å². The van der Waals surface area contributed by atoms with E-state index >= 15 is 0 Å². The number of hydrogen-bond acceptors (Lipinski definition) is 5. The van der Waals surface area contributed by atoms with E-state index < -0.39 is 20.0 Å². The van der Waals surface area contributed by atoms with Crippen molar-refractivity contribution in [2.45, 2.75) is 167 Å². The summed E-state index contributed by atoms with van der Waals surface area (Å²) in [4.78, 5) is 22.7. The molecule has 0 fully saturated rings. The van der Waals surface area contributed by atoms with Gasteiger partial charge in [-0.3, -0.25) is 13.8 Å². The lowest BCUT2D eigenvalue weighted by Crippen LogP contribution is -2.45. The van der Waals surface area contributed by atoms with Gasteiger partial charge in [0.05, 0.1) is 39.9 Å². The van der Waals surface area contributed by atoms with E-state index in [1.165, 1.54) is 77.0 Å². The van der Waals surface area contributed by atoms with Gasteiger partial charge in [-0.15, -0.1) is 0 Å². The number of nitrogens with one attached hydrogen (secondary N) is 1. The Labute approximate surface area is 296 Å². The number of allylic oxidation sites excluding steroid dienone is 5. The third kappa shape index (κ3) is 33.2. The first-order valence-corrected chi connectivity index (χ1v) is 20.9. The second-order valence-electron chi connectivity index (χ2n) is 14.3. The molecule has 8 nitrogen and oxygen atoms in total. The summed E-state index contributed by atoms with van der Waals surface area (Å²) in [7, 11) is 1.54. The maximum absolute atomic E-state index is 12.6. The number of aliphatic hydroxyl groups excluding tert-OH is 1. The van der Waals surface area contributed by atoms with Gasteiger partial charge in [-0.1, -0.05) is 140 Å². The van der Waals surface area contributed by atoms with Crippen LogP contribution < -0.4 is 5.32 Å². The van der Waals surface area contributed by atoms with Gasteiger partial charge in [-0.05, 0) is 44.9 Å². The molecule has 0 aromatic heterocycles. The maximum atomic E-state index is 12.6. The van der Waals surface area contributed by atoms with Gasteiger partial charge in [0.1, 0.15) is 13.2 Å². The van der Waals surface area contributed by atoms with Gasteiger partial charge in [0.15, 0.2) is 0 Å². The number of aliphatic hydroxyl groups is 1. The molecule has 48 heavy (non-hydrogen) atoms. The van der Waals surface area contributed by atoms with E-state index in [1.54, 1.807) is 6.08 Å². The molecule has 3 unspecified atom stereocenters. The molecular formula is C39H76N2O6P+. The highest BCUT2D eigenvalue weighted by molar-refractivity contribution is 7.47. The van der Waals surface area contributed by atoms with Gasteiger partial charge >= 0.3 is 7.82 Å². The number of quaternary nitrogens is 1. The molecule has 0 aliphatic rings. The molecule has 0 heterocycles. The SMILES string of the molecule is CCCCCCCCCCCCC/C=C/CC/C=C/CC/C=C/C(O)C(COP(=O)(O)OCC[N+](C)(C)C)NC(=O)CCCCCCC. The lowest BCUT2D eigenvalue weighted by atomic mass is 10.1. The van der Waals surface area contributed by atoms with E-state index in [0.717, 1.165) is 57.8 Å². The Morgan fingerprint density at radius 2 is 1.15 bits per heavy atom. The van der Waals surface area contributed by atoms with Gasteiger partial charge < -0.3 is 19.8 Å². The number of hydrogen-bond donors (Lipinski definition) is 3. The fourth-order valence-corrected chi connectivity index (χ4v) is 5.92. The molecule has 0 aromatic rings. The van der Waals surface area contributed by atoms with E-state index in [9.17, 15) is 19.4 Å². The van der Waals surface area contributed by atoms with Gasteiger partial charge in [0.25, 0.3) is 0 Å². The number of amides is 1. The van der Waals surface area contributed by atoms with E-state index in [-0.39, 0.29) is 19.1 Å². The van der Waals surface area contributed by atoms with Crippen molar-refractivity contribution in [3.63, 3.8) is 0 Å². The van der Waals surface area contributed by atoms with Crippen molar-refractivity contribution < 1.29 is 32.9 Å². The molecule has 0 bridgehead atoms. The van der Waals surface area contributed by atoms with Crippen LogP contribution in [0.5, 0.6) is 0 Å². The molecule has 9 heteroatoms. The molecule has 3 atom stereocenters. The zero-order valence-corrected chi connectivity index (χ0v) is 32.6. The Hall–Kier alpha value is -1.28. The van der Waals surface area contributed by atoms with Crippen molar-refractivity contribution in [1.29, 1.82) is 0 Å². The summed E-state index contributed by atoms with van der Waals surface area (Å²) < 4.78 is 23.3. The Morgan fingerprint density at radius 3 is 1.67 bits per heavy atom. The number of likely N-dealkylation sites (N-methyl/N-ethyl adjacent to an activating group) is 1. The van der Waals surface area contributed by atoms with E-state index in [0.29, 0.717) is 17.4 Å². The molecule has 3 N–H and O–H groups in total. The van der Waals surface area contributed by atoms with Crippen LogP contribution in [0.25, 0.3) is 0 Å². The third-order valence-electron chi connectivity index (χ3n) is 8.34. The minimum atomic E-state index is -4.33. The Balaban J connectivity index is 4.37. The average Bonchev–Trinajstić information content (AvgIpc) is 3.02. The largest absolute Gasteiger partial charge is 0.472 e. The maximum Gasteiger partial charge on any atom is 0.472 e. The summed E-state index contributed by atoms with van der Waals surface area (Å²) in [6.07, 6.45) is 36.9. The average molecular weight is 700 g/mol. The zero-order valence-electron chi connectivity index (χ0n) is 31.7. The number of carbonyl (C=O) groups is 1. The van der Waals surface area contributed by atoms with Crippen molar-refractivity contribution >= 4 is 13.7 Å². The van der Waals surface area contributed by atoms with Crippen LogP contribution in [0.4, 0.5) is 0 Å². The zero-order chi connectivity index (χ0) is 35.8. The number of phosphoric acid groups is 1. The van der Waals surface area contributed by atoms with Crippen molar-refractivity contribution in [3.05, 3.63) is 36.5 Å². The van der Waals surface area contributed by atoms with Crippen LogP contribution in [-0.2, 0) is 18.4 Å². The molecular weight excluding hydrogens is 623 g/mol. The number of phosphoric ester groups is 1. The van der Waals surface area contributed by atoms with Crippen LogP contribution in [0.15, 0.2) is 36.5 Å². The van der Waals surface area contributed by atoms with Gasteiger partial charge in [0.2, 0.25) is 5.91 Å². The van der Waals surface area contributed by atoms with Crippen LogP contribution in [0.1, 0.15) is 155 Å². The number of rotatable bonds is 34. The lowest BCUT2D eigenvalue weighted by molar-refractivity contribution is -0.870. The molecule has 0 rings (SSSR count). The van der Waals surface area contributed by atoms with Gasteiger partial charge in [-0.25, -0.2) is 4.57 Å². The highest BCUT2D eigenvalue weighted by atomic mass is 31.2. The van der Waals surface area contributed by atoms with Crippen LogP contribution in [0, 0.1) is 0 Å². The fraction of sp³-hybridized carbons (Fsp3) is 0.821. The van der Waals surface area contributed by atoms with Crippen molar-refractivity contribution in [2.24, 2.45) is 0 Å². The molecule has 0 aliphatic carbocycles. The summed E-state index contributed by atoms with van der Waals surface area (Å²) in [6.45, 7) is 4.67. The van der Waals surface area contributed by atoms with E-state index in [1.807, 2.05) is 27.2 Å². The highest BCUT2D eigenvalue weighted by Gasteiger charge is 2.27. The first-order valence-electron chi connectivity index (χ1n) is 19.4. The highest BCUT2D eigenvalue weighted by Crippen LogP contribution is 2.43. The normalized spacial score (nSPS) is 15.1. The van der Waals surface area contributed by atoms with Crippen LogP contribution >= 0.6 is 7.82 Å². The summed E-state index contributed by atoms with van der Waals surface area (Å²) in [6, 6.07) is -0.862. The number of carbonyl (C=O) groups excluding carboxylic acids is 1. The molecule has 0 radical (unpaired) electrons. The van der Waals surface area contributed by atoms with Crippen molar-refractivity contribution in [2.75, 3.05) is 40.9 Å². The first kappa shape index (κ1) is 46.7. The summed E-state index contributed by atoms with van der Waals surface area (Å²) in [5.74, 6) is -0.206. The van der Waals surface area contributed by atoms with Crippen LogP contribution in [0.2, 0.25) is 0 Å². The standard InChI is InChI=1S/C39H75N2O6P/c1-6-8-10-12-13-14-15-16-17-18-19-20-21-22-23-24-25-26-27-29-30-32-38(42)37(40-39(43)33-31-28-11-9-7-2)36-47-48(44,45)46-35-34-41(3,4)5/h21-22,25-26,30,32,37-38,42H,6-20,23-24,27-29,31,33-36H2,1-5H3,(H-,40,43,44,45)/p+1/b22-21+,26-25+,32-30+. The fourth-order valence-electron chi connectivity index (χ4n) is 5.19. The third-order valence-corrected chi connectivity index (χ3v) is 9.32. The Morgan fingerprint density at radius 1 is 0.688 bits per heavy atom. The first-order chi connectivity index (χ1) is 23.0. The summed E-state index contributed by atoms with van der Waals surface area (Å²) in [5, 5.41) is 13.6. The molecule has 1 amide bonds. The summed E-state index contributed by atoms with van der Waals surface area (Å²) in [5.41, 5.74) is 0. The predicted octanol–water partition coefficient (Wildman–Crippen LogP) is 9.96. The molecule has 0 aliphatic heterocycles. The quantitative estimate of drug-likeness (QED) is 0.0267. The minimum Gasteiger partial charge on any atom is -0.387 e. The summed E-state index contributed by atoms with van der Waals surface area (Å²) >= 11 is 0. The molecule has 0 saturated carbocycles. The van der Waals surface area contributed by atoms with Crippen molar-refractivity contribution in [1.82, 2.24) is 5.32 Å². The lowest BCUT2D eigenvalue weighted by Gasteiger charge is -2.25. The van der Waals surface area contributed by atoms with E-state index in [4.69, 9.17) is 9.05 Å². The number of nitrogens with zero attached hydrogens (tertiary/aromatic N) is 1. The Bertz CT molecular complexity index is 886. The topological polar surface area (TPSA) is 105 Å². The molecule has 282 valence electrons. The second kappa shape index (κ2) is 31.7. The van der Waals surface area contributed by atoms with Crippen molar-refractivity contribution in [3.8, 4) is 0 Å². The number of unbranched alkanes of at least 4 members (excludes halogenated alkanes) is 17. The minimum absolute atomic E-state index is 0.0533. The monoisotopic (exact) mass is 700 g/mol. The molecule has 0 aromatic carbocycles. The van der Waals surface area contributed by atoms with Gasteiger partial charge in [-0.2, -0.15) is 0 Å². The molecule has 0 spiro atoms. The smallest absolute Gasteiger partial charge is 0.387 e. The van der Waals surface area contributed by atoms with Crippen LogP contribution in [0.3, 0.4) is 0 Å². The second-order valence-corrected chi connectivity index (χ2v) is 15.7. The van der Waals surface area contributed by atoms with E-state index in [2.05, 4.69) is 43.5 Å². The molecule has 0 saturated heterocycles. The van der Waals surface area contributed by atoms with Crippen LogP contribution in [-0.4, -0.2) is 73.4 Å². The predicted molar refractivity (Wildman–Crippen MR) is 203 cm³/mol.